The van der Waals surface area contributed by atoms with Gasteiger partial charge >= 0.3 is 0 Å². The number of phenols is 1. The Morgan fingerprint density at radius 3 is 2.88 bits per heavy atom. The molecule has 0 aliphatic carbocycles. The standard InChI is InChI=1S/C11H12N4O2/c1-2-17-10-5-3-4-9(11(10)16)6-14-15-7-12-13-8-15/h3-8,16H,2H2,1H3/b14-6-. The van der Waals surface area contributed by atoms with Crippen LogP contribution in [0.15, 0.2) is 36.0 Å². The maximum Gasteiger partial charge on any atom is 0.166 e. The zero-order chi connectivity index (χ0) is 12.1. The maximum absolute atomic E-state index is 9.89. The van der Waals surface area contributed by atoms with E-state index in [9.17, 15) is 5.11 Å². The number of aromatic hydroxyl groups is 1. The molecule has 0 radical (unpaired) electrons. The van der Waals surface area contributed by atoms with Crippen molar-refractivity contribution in [2.45, 2.75) is 6.92 Å². The summed E-state index contributed by atoms with van der Waals surface area (Å²) in [6.07, 6.45) is 4.43. The quantitative estimate of drug-likeness (QED) is 0.805. The molecule has 0 spiro atoms. The lowest BCUT2D eigenvalue weighted by molar-refractivity contribution is 0.318. The normalized spacial score (nSPS) is 10.9. The van der Waals surface area contributed by atoms with Gasteiger partial charge in [0, 0.05) is 5.56 Å². The van der Waals surface area contributed by atoms with Crippen LogP contribution < -0.4 is 4.74 Å². The highest BCUT2D eigenvalue weighted by molar-refractivity contribution is 5.84. The first-order valence-electron chi connectivity index (χ1n) is 5.15. The largest absolute Gasteiger partial charge is 0.504 e. The maximum atomic E-state index is 9.89. The van der Waals surface area contributed by atoms with Crippen molar-refractivity contribution in [2.24, 2.45) is 5.10 Å². The lowest BCUT2D eigenvalue weighted by Crippen LogP contribution is -1.94. The third-order valence-electron chi connectivity index (χ3n) is 2.07. The minimum Gasteiger partial charge on any atom is -0.504 e. The molecule has 0 fully saturated rings. The third kappa shape index (κ3) is 2.60. The molecule has 0 bridgehead atoms. The van der Waals surface area contributed by atoms with Crippen LogP contribution in [0.1, 0.15) is 12.5 Å². The molecule has 0 atom stereocenters. The van der Waals surface area contributed by atoms with Crippen molar-refractivity contribution in [3.05, 3.63) is 36.4 Å². The summed E-state index contributed by atoms with van der Waals surface area (Å²) in [6, 6.07) is 5.24. The van der Waals surface area contributed by atoms with Crippen molar-refractivity contribution in [3.8, 4) is 11.5 Å². The first-order chi connectivity index (χ1) is 8.31. The molecule has 2 rings (SSSR count). The van der Waals surface area contributed by atoms with E-state index in [0.29, 0.717) is 17.9 Å². The minimum absolute atomic E-state index is 0.0752. The molecule has 6 heteroatoms. The van der Waals surface area contributed by atoms with Gasteiger partial charge in [-0.15, -0.1) is 10.2 Å². The van der Waals surface area contributed by atoms with Gasteiger partial charge in [-0.1, -0.05) is 6.07 Å². The van der Waals surface area contributed by atoms with E-state index in [1.165, 1.54) is 23.5 Å². The predicted molar refractivity (Wildman–Crippen MR) is 62.3 cm³/mol. The molecular formula is C11H12N4O2. The van der Waals surface area contributed by atoms with Crippen LogP contribution in [0.2, 0.25) is 0 Å². The number of rotatable bonds is 4. The molecule has 6 nitrogen and oxygen atoms in total. The monoisotopic (exact) mass is 232 g/mol. The van der Waals surface area contributed by atoms with E-state index in [4.69, 9.17) is 4.74 Å². The van der Waals surface area contributed by atoms with Crippen LogP contribution >= 0.6 is 0 Å². The molecule has 0 saturated carbocycles. The average molecular weight is 232 g/mol. The lowest BCUT2D eigenvalue weighted by atomic mass is 10.2. The van der Waals surface area contributed by atoms with Crippen molar-refractivity contribution >= 4 is 6.21 Å². The molecule has 0 amide bonds. The van der Waals surface area contributed by atoms with Crippen molar-refractivity contribution in [2.75, 3.05) is 6.61 Å². The first-order valence-corrected chi connectivity index (χ1v) is 5.15. The van der Waals surface area contributed by atoms with E-state index in [2.05, 4.69) is 15.3 Å². The SMILES string of the molecule is CCOc1cccc(/C=N\n2cnnc2)c1O. The molecule has 0 unspecified atom stereocenters. The Labute approximate surface area is 98.2 Å². The van der Waals surface area contributed by atoms with E-state index < -0.39 is 0 Å². The van der Waals surface area contributed by atoms with Crippen molar-refractivity contribution in [1.29, 1.82) is 0 Å². The van der Waals surface area contributed by atoms with Crippen LogP contribution in [0, 0.1) is 0 Å². The van der Waals surface area contributed by atoms with Gasteiger partial charge < -0.3 is 9.84 Å². The second kappa shape index (κ2) is 5.11. The Kier molecular flexibility index (Phi) is 3.34. The molecule has 0 aliphatic rings. The molecule has 2 aromatic rings. The van der Waals surface area contributed by atoms with Crippen LogP contribution in [-0.2, 0) is 0 Å². The summed E-state index contributed by atoms with van der Waals surface area (Å²) in [4.78, 5) is 0. The fourth-order valence-corrected chi connectivity index (χ4v) is 1.30. The summed E-state index contributed by atoms with van der Waals surface area (Å²) in [6.45, 7) is 2.36. The molecule has 1 heterocycles. The van der Waals surface area contributed by atoms with E-state index in [0.717, 1.165) is 0 Å². The molecular weight excluding hydrogens is 220 g/mol. The van der Waals surface area contributed by atoms with Crippen molar-refractivity contribution in [3.63, 3.8) is 0 Å². The molecule has 1 aromatic heterocycles. The first kappa shape index (κ1) is 11.1. The highest BCUT2D eigenvalue weighted by Gasteiger charge is 2.05. The third-order valence-corrected chi connectivity index (χ3v) is 2.07. The number of benzene rings is 1. The van der Waals surface area contributed by atoms with Crippen LogP contribution in [0.5, 0.6) is 11.5 Å². The van der Waals surface area contributed by atoms with Gasteiger partial charge in [0.15, 0.2) is 11.5 Å². The molecule has 0 aliphatic heterocycles. The smallest absolute Gasteiger partial charge is 0.166 e. The van der Waals surface area contributed by atoms with Crippen LogP contribution in [0.3, 0.4) is 0 Å². The Hall–Kier alpha value is -2.37. The summed E-state index contributed by atoms with van der Waals surface area (Å²) in [5.74, 6) is 0.520. The number of hydrogen-bond donors (Lipinski definition) is 1. The number of para-hydroxylation sites is 1. The number of nitrogens with zero attached hydrogens (tertiary/aromatic N) is 4. The van der Waals surface area contributed by atoms with Crippen LogP contribution in [0.4, 0.5) is 0 Å². The molecule has 88 valence electrons. The number of hydrogen-bond acceptors (Lipinski definition) is 5. The van der Waals surface area contributed by atoms with Crippen molar-refractivity contribution < 1.29 is 9.84 Å². The summed E-state index contributed by atoms with van der Waals surface area (Å²) in [5, 5.41) is 21.2. The van der Waals surface area contributed by atoms with Gasteiger partial charge in [-0.2, -0.15) is 5.10 Å². The van der Waals surface area contributed by atoms with Gasteiger partial charge in [0.2, 0.25) is 0 Å². The molecule has 1 N–H and O–H groups in total. The minimum atomic E-state index is 0.0752. The van der Waals surface area contributed by atoms with Gasteiger partial charge in [0.1, 0.15) is 12.7 Å². The van der Waals surface area contributed by atoms with Gasteiger partial charge in [0.25, 0.3) is 0 Å². The highest BCUT2D eigenvalue weighted by Crippen LogP contribution is 2.28. The van der Waals surface area contributed by atoms with E-state index in [-0.39, 0.29) is 5.75 Å². The van der Waals surface area contributed by atoms with Gasteiger partial charge in [-0.3, -0.25) is 0 Å². The summed E-state index contributed by atoms with van der Waals surface area (Å²) >= 11 is 0. The van der Waals surface area contributed by atoms with Crippen molar-refractivity contribution in [1.82, 2.24) is 14.9 Å². The Morgan fingerprint density at radius 1 is 1.41 bits per heavy atom. The number of ether oxygens (including phenoxy) is 1. The zero-order valence-electron chi connectivity index (χ0n) is 9.32. The van der Waals surface area contributed by atoms with Crippen LogP contribution in [0.25, 0.3) is 0 Å². The molecule has 1 aromatic carbocycles. The Bertz CT molecular complexity index is 508. The molecule has 17 heavy (non-hydrogen) atoms. The second-order valence-corrected chi connectivity index (χ2v) is 3.21. The predicted octanol–water partition coefficient (Wildman–Crippen LogP) is 1.26. The summed E-state index contributed by atoms with van der Waals surface area (Å²) in [7, 11) is 0. The number of phenolic OH excluding ortho intramolecular Hbond substituents is 1. The van der Waals surface area contributed by atoms with Gasteiger partial charge in [-0.25, -0.2) is 4.68 Å². The van der Waals surface area contributed by atoms with E-state index in [1.807, 2.05) is 6.92 Å². The lowest BCUT2D eigenvalue weighted by Gasteiger charge is -2.06. The summed E-state index contributed by atoms with van der Waals surface area (Å²) in [5.41, 5.74) is 0.574. The fraction of sp³-hybridized carbons (Fsp3) is 0.182. The molecule has 0 saturated heterocycles. The topological polar surface area (TPSA) is 72.5 Å². The van der Waals surface area contributed by atoms with E-state index >= 15 is 0 Å². The Morgan fingerprint density at radius 2 is 2.18 bits per heavy atom. The zero-order valence-corrected chi connectivity index (χ0v) is 9.32. The van der Waals surface area contributed by atoms with Crippen LogP contribution in [-0.4, -0.2) is 32.8 Å². The fourth-order valence-electron chi connectivity index (χ4n) is 1.30. The highest BCUT2D eigenvalue weighted by atomic mass is 16.5. The summed E-state index contributed by atoms with van der Waals surface area (Å²) < 4.78 is 6.71. The Balaban J connectivity index is 2.24. The number of aromatic nitrogens is 3. The average Bonchev–Trinajstić information content (AvgIpc) is 2.83. The van der Waals surface area contributed by atoms with Gasteiger partial charge in [0.05, 0.1) is 12.8 Å². The van der Waals surface area contributed by atoms with Gasteiger partial charge in [-0.05, 0) is 19.1 Å². The second-order valence-electron chi connectivity index (χ2n) is 3.21. The van der Waals surface area contributed by atoms with E-state index in [1.54, 1.807) is 18.2 Å².